The zero-order valence-electron chi connectivity index (χ0n) is 15.2. The summed E-state index contributed by atoms with van der Waals surface area (Å²) < 4.78 is 10.8. The number of aliphatic carboxylic acids is 1. The van der Waals surface area contributed by atoms with Gasteiger partial charge in [-0.05, 0) is 30.0 Å². The summed E-state index contributed by atoms with van der Waals surface area (Å²) in [6, 6.07) is 11.5. The summed E-state index contributed by atoms with van der Waals surface area (Å²) in [6.07, 6.45) is 2.65. The van der Waals surface area contributed by atoms with Crippen LogP contribution >= 0.6 is 0 Å². The van der Waals surface area contributed by atoms with Gasteiger partial charge in [0.05, 0.1) is 14.2 Å². The summed E-state index contributed by atoms with van der Waals surface area (Å²) in [5, 5.41) is 12.5. The molecule has 2 aromatic carbocycles. The third kappa shape index (κ3) is 3.25. The van der Waals surface area contributed by atoms with Crippen LogP contribution < -0.4 is 14.6 Å². The average molecular weight is 352 g/mol. The molecule has 0 fully saturated rings. The van der Waals surface area contributed by atoms with E-state index in [1.165, 1.54) is 5.56 Å². The molecule has 3 rings (SSSR count). The van der Waals surface area contributed by atoms with Crippen LogP contribution in [0.5, 0.6) is 11.5 Å². The molecule has 3 aromatic rings. The molecule has 1 heterocycles. The van der Waals surface area contributed by atoms with Crippen LogP contribution in [0.1, 0.15) is 36.0 Å². The maximum atomic E-state index is 11.5. The van der Waals surface area contributed by atoms with Crippen molar-refractivity contribution < 1.29 is 19.4 Å². The molecule has 1 aromatic heterocycles. The third-order valence-corrected chi connectivity index (χ3v) is 4.78. The maximum absolute atomic E-state index is 11.5. The topological polar surface area (TPSA) is 74.4 Å². The minimum atomic E-state index is -1.10. The number of ether oxygens (including phenoxy) is 2. The molecular formula is C21H22NO4-. The zero-order valence-corrected chi connectivity index (χ0v) is 15.2. The van der Waals surface area contributed by atoms with Gasteiger partial charge in [-0.25, -0.2) is 0 Å². The first kappa shape index (κ1) is 17.9. The van der Waals surface area contributed by atoms with Crippen molar-refractivity contribution >= 4 is 16.9 Å². The highest BCUT2D eigenvalue weighted by Gasteiger charge is 2.22. The monoisotopic (exact) mass is 352 g/mol. The Balaban J connectivity index is 2.18. The second-order valence-electron chi connectivity index (χ2n) is 6.17. The minimum absolute atomic E-state index is 0.133. The Morgan fingerprint density at radius 3 is 2.62 bits per heavy atom. The summed E-state index contributed by atoms with van der Waals surface area (Å²) in [5.41, 5.74) is 3.95. The number of aromatic nitrogens is 1. The van der Waals surface area contributed by atoms with E-state index in [0.29, 0.717) is 11.5 Å². The van der Waals surface area contributed by atoms with Crippen molar-refractivity contribution in [2.24, 2.45) is 0 Å². The van der Waals surface area contributed by atoms with E-state index < -0.39 is 5.97 Å². The van der Waals surface area contributed by atoms with Gasteiger partial charge in [0.25, 0.3) is 0 Å². The molecule has 0 aliphatic rings. The number of hydrogen-bond donors (Lipinski definition) is 1. The number of nitrogens with one attached hydrogen (secondary N) is 1. The molecule has 0 aliphatic carbocycles. The number of methoxy groups -OCH3 is 2. The first-order valence-electron chi connectivity index (χ1n) is 8.59. The molecule has 1 atom stereocenters. The number of fused-ring (bicyclic) bond motifs is 1. The van der Waals surface area contributed by atoms with Crippen LogP contribution in [-0.4, -0.2) is 25.2 Å². The van der Waals surface area contributed by atoms with Crippen LogP contribution in [0.4, 0.5) is 0 Å². The number of rotatable bonds is 7. The van der Waals surface area contributed by atoms with Gasteiger partial charge in [-0.15, -0.1) is 0 Å². The number of aryl methyl sites for hydroxylation is 1. The predicted molar refractivity (Wildman–Crippen MR) is 98.7 cm³/mol. The van der Waals surface area contributed by atoms with Crippen molar-refractivity contribution in [1.82, 2.24) is 4.98 Å². The van der Waals surface area contributed by atoms with Crippen molar-refractivity contribution in [1.29, 1.82) is 0 Å². The van der Waals surface area contributed by atoms with Crippen molar-refractivity contribution in [2.45, 2.75) is 25.7 Å². The number of para-hydroxylation sites is 1. The van der Waals surface area contributed by atoms with Crippen LogP contribution in [0.15, 0.2) is 42.6 Å². The standard InChI is InChI=1S/C21H23NO4/c1-4-13-6-5-7-16-18(12-22-21(13)16)17(11-20(23)24)15-9-8-14(25-2)10-19(15)26-3/h5-10,12,17,22H,4,11H2,1-3H3,(H,23,24)/p-1/t17-/m0/s1. The normalized spacial score (nSPS) is 12.1. The number of hydrogen-bond acceptors (Lipinski definition) is 4. The molecule has 1 N–H and O–H groups in total. The first-order chi connectivity index (χ1) is 12.6. The van der Waals surface area contributed by atoms with Crippen LogP contribution in [0, 0.1) is 0 Å². The lowest BCUT2D eigenvalue weighted by molar-refractivity contribution is -0.305. The Morgan fingerprint density at radius 1 is 1.15 bits per heavy atom. The van der Waals surface area contributed by atoms with Gasteiger partial charge in [-0.3, -0.25) is 0 Å². The Labute approximate surface area is 152 Å². The fourth-order valence-corrected chi connectivity index (χ4v) is 3.48. The molecular weight excluding hydrogens is 330 g/mol. The Kier molecular flexibility index (Phi) is 5.16. The Hall–Kier alpha value is -2.95. The number of aromatic amines is 1. The molecule has 0 aliphatic heterocycles. The molecule has 0 unspecified atom stereocenters. The maximum Gasteiger partial charge on any atom is 0.126 e. The number of carboxylic acids is 1. The molecule has 0 radical (unpaired) electrons. The molecule has 5 nitrogen and oxygen atoms in total. The molecule has 0 saturated carbocycles. The lowest BCUT2D eigenvalue weighted by Crippen LogP contribution is -2.25. The third-order valence-electron chi connectivity index (χ3n) is 4.78. The number of H-pyrrole nitrogens is 1. The number of benzene rings is 2. The SMILES string of the molecule is CCc1cccc2c([C@@H](CC(=O)[O-])c3ccc(OC)cc3OC)c[nH]c12. The summed E-state index contributed by atoms with van der Waals surface area (Å²) in [5.74, 6) is -0.239. The van der Waals surface area contributed by atoms with Crippen LogP contribution in [-0.2, 0) is 11.2 Å². The molecule has 0 bridgehead atoms. The molecule has 0 saturated heterocycles. The highest BCUT2D eigenvalue weighted by atomic mass is 16.5. The molecule has 0 amide bonds. The Bertz CT molecular complexity index is 929. The second kappa shape index (κ2) is 7.52. The molecule has 5 heteroatoms. The van der Waals surface area contributed by atoms with Gasteiger partial charge < -0.3 is 24.4 Å². The summed E-state index contributed by atoms with van der Waals surface area (Å²) in [4.78, 5) is 14.8. The largest absolute Gasteiger partial charge is 0.550 e. The van der Waals surface area contributed by atoms with E-state index in [1.807, 2.05) is 30.5 Å². The summed E-state index contributed by atoms with van der Waals surface area (Å²) in [7, 11) is 3.15. The van der Waals surface area contributed by atoms with Gasteiger partial charge in [0, 0.05) is 40.6 Å². The minimum Gasteiger partial charge on any atom is -0.550 e. The van der Waals surface area contributed by atoms with Crippen molar-refractivity contribution in [2.75, 3.05) is 14.2 Å². The van der Waals surface area contributed by atoms with Gasteiger partial charge in [0.15, 0.2) is 0 Å². The average Bonchev–Trinajstić information content (AvgIpc) is 3.09. The fourth-order valence-electron chi connectivity index (χ4n) is 3.48. The number of carbonyl (C=O) groups excluding carboxylic acids is 1. The molecule has 26 heavy (non-hydrogen) atoms. The van der Waals surface area contributed by atoms with Crippen molar-refractivity contribution in [3.05, 3.63) is 59.3 Å². The van der Waals surface area contributed by atoms with E-state index in [1.54, 1.807) is 20.3 Å². The quantitative estimate of drug-likeness (QED) is 0.709. The number of carboxylic acid groups (broad SMARTS) is 1. The van der Waals surface area contributed by atoms with E-state index in [-0.39, 0.29) is 12.3 Å². The van der Waals surface area contributed by atoms with E-state index in [4.69, 9.17) is 9.47 Å². The van der Waals surface area contributed by atoms with Crippen LogP contribution in [0.3, 0.4) is 0 Å². The summed E-state index contributed by atoms with van der Waals surface area (Å²) >= 11 is 0. The molecule has 136 valence electrons. The van der Waals surface area contributed by atoms with Gasteiger partial charge >= 0.3 is 0 Å². The zero-order chi connectivity index (χ0) is 18.7. The lowest BCUT2D eigenvalue weighted by atomic mass is 9.87. The highest BCUT2D eigenvalue weighted by molar-refractivity contribution is 5.87. The van der Waals surface area contributed by atoms with Crippen LogP contribution in [0.25, 0.3) is 10.9 Å². The van der Waals surface area contributed by atoms with Crippen molar-refractivity contribution in [3.8, 4) is 11.5 Å². The van der Waals surface area contributed by atoms with Gasteiger partial charge in [0.2, 0.25) is 0 Å². The lowest BCUT2D eigenvalue weighted by Gasteiger charge is -2.21. The smallest absolute Gasteiger partial charge is 0.126 e. The van der Waals surface area contributed by atoms with E-state index >= 15 is 0 Å². The van der Waals surface area contributed by atoms with E-state index in [0.717, 1.165) is 28.5 Å². The Morgan fingerprint density at radius 2 is 1.96 bits per heavy atom. The van der Waals surface area contributed by atoms with E-state index in [9.17, 15) is 9.90 Å². The molecule has 0 spiro atoms. The van der Waals surface area contributed by atoms with Crippen LogP contribution in [0.2, 0.25) is 0 Å². The van der Waals surface area contributed by atoms with E-state index in [2.05, 4.69) is 18.0 Å². The van der Waals surface area contributed by atoms with Gasteiger partial charge in [-0.1, -0.05) is 31.2 Å². The fraction of sp³-hybridized carbons (Fsp3) is 0.286. The second-order valence-corrected chi connectivity index (χ2v) is 6.17. The first-order valence-corrected chi connectivity index (χ1v) is 8.59. The highest BCUT2D eigenvalue weighted by Crippen LogP contribution is 2.39. The predicted octanol–water partition coefficient (Wildman–Crippen LogP) is 3.02. The van der Waals surface area contributed by atoms with Crippen molar-refractivity contribution in [3.63, 3.8) is 0 Å². The number of carbonyl (C=O) groups is 1. The van der Waals surface area contributed by atoms with Gasteiger partial charge in [0.1, 0.15) is 11.5 Å². The van der Waals surface area contributed by atoms with Gasteiger partial charge in [-0.2, -0.15) is 0 Å². The summed E-state index contributed by atoms with van der Waals surface area (Å²) in [6.45, 7) is 2.10.